The number of hydrogen-bond acceptors (Lipinski definition) is 6. The van der Waals surface area contributed by atoms with Gasteiger partial charge in [0, 0.05) is 12.5 Å². The van der Waals surface area contributed by atoms with Crippen LogP contribution >= 0.6 is 0 Å². The molecule has 164 valence electrons. The molecule has 0 saturated carbocycles. The zero-order valence-electron chi connectivity index (χ0n) is 18.4. The number of anilines is 1. The van der Waals surface area contributed by atoms with Crippen molar-refractivity contribution in [2.45, 2.75) is 32.6 Å². The predicted octanol–water partition coefficient (Wildman–Crippen LogP) is 4.47. The van der Waals surface area contributed by atoms with E-state index in [4.69, 9.17) is 23.7 Å². The fourth-order valence-corrected chi connectivity index (χ4v) is 2.94. The van der Waals surface area contributed by atoms with Crippen LogP contribution in [0.25, 0.3) is 0 Å². The highest BCUT2D eigenvalue weighted by Crippen LogP contribution is 2.38. The topological polar surface area (TPSA) is 75.3 Å². The number of carbonyl (C=O) groups is 1. The number of nitrogens with one attached hydrogen (secondary N) is 1. The second kappa shape index (κ2) is 11.8. The van der Waals surface area contributed by atoms with Crippen molar-refractivity contribution in [3.8, 4) is 28.7 Å². The number of amides is 1. The Morgan fingerprint density at radius 2 is 1.60 bits per heavy atom. The highest BCUT2D eigenvalue weighted by molar-refractivity contribution is 5.92. The Kier molecular flexibility index (Phi) is 9.12. The number of benzene rings is 2. The third-order valence-corrected chi connectivity index (χ3v) is 4.58. The molecule has 0 atom stereocenters. The Labute approximate surface area is 178 Å². The van der Waals surface area contributed by atoms with Gasteiger partial charge in [-0.3, -0.25) is 4.79 Å². The van der Waals surface area contributed by atoms with E-state index in [2.05, 4.69) is 12.2 Å². The largest absolute Gasteiger partial charge is 0.497 e. The molecule has 1 N–H and O–H groups in total. The van der Waals surface area contributed by atoms with E-state index in [1.807, 2.05) is 24.3 Å². The molecule has 0 radical (unpaired) electrons. The lowest BCUT2D eigenvalue weighted by Gasteiger charge is -2.15. The minimum absolute atomic E-state index is 0.127. The molecule has 0 aliphatic heterocycles. The Bertz CT molecular complexity index is 811. The van der Waals surface area contributed by atoms with Crippen molar-refractivity contribution in [3.05, 3.63) is 35.9 Å². The van der Waals surface area contributed by atoms with Gasteiger partial charge in [-0.05, 0) is 42.7 Å². The van der Waals surface area contributed by atoms with Crippen molar-refractivity contribution in [2.75, 3.05) is 40.4 Å². The zero-order valence-corrected chi connectivity index (χ0v) is 18.4. The van der Waals surface area contributed by atoms with Gasteiger partial charge in [0.05, 0.1) is 40.7 Å². The van der Waals surface area contributed by atoms with Gasteiger partial charge >= 0.3 is 0 Å². The van der Waals surface area contributed by atoms with E-state index in [9.17, 15) is 4.79 Å². The molecular weight excluding hydrogens is 386 g/mol. The van der Waals surface area contributed by atoms with Crippen LogP contribution in [0.1, 0.15) is 31.7 Å². The van der Waals surface area contributed by atoms with E-state index in [0.717, 1.165) is 18.4 Å². The third kappa shape index (κ3) is 6.20. The first-order valence-electron chi connectivity index (χ1n) is 9.95. The maximum absolute atomic E-state index is 12.6. The third-order valence-electron chi connectivity index (χ3n) is 4.58. The molecule has 30 heavy (non-hydrogen) atoms. The molecule has 1 amide bonds. The van der Waals surface area contributed by atoms with Gasteiger partial charge < -0.3 is 29.0 Å². The van der Waals surface area contributed by atoms with Gasteiger partial charge in [0.2, 0.25) is 11.7 Å². The number of aryl methyl sites for hydroxylation is 1. The molecule has 0 saturated heterocycles. The van der Waals surface area contributed by atoms with Crippen LogP contribution in [0.5, 0.6) is 28.7 Å². The maximum atomic E-state index is 12.6. The summed E-state index contributed by atoms with van der Waals surface area (Å²) in [4.78, 5) is 12.6. The average Bonchev–Trinajstić information content (AvgIpc) is 2.77. The molecule has 0 aromatic heterocycles. The summed E-state index contributed by atoms with van der Waals surface area (Å²) in [5, 5.41) is 2.93. The first kappa shape index (κ1) is 23.2. The van der Waals surface area contributed by atoms with E-state index >= 15 is 0 Å². The zero-order chi connectivity index (χ0) is 21.9. The van der Waals surface area contributed by atoms with Crippen LogP contribution in [-0.4, -0.2) is 41.0 Å². The lowest BCUT2D eigenvalue weighted by Crippen LogP contribution is -2.14. The van der Waals surface area contributed by atoms with Crippen molar-refractivity contribution >= 4 is 11.6 Å². The van der Waals surface area contributed by atoms with E-state index in [-0.39, 0.29) is 12.3 Å². The summed E-state index contributed by atoms with van der Waals surface area (Å²) in [6, 6.07) is 9.08. The lowest BCUT2D eigenvalue weighted by atomic mass is 10.1. The van der Waals surface area contributed by atoms with Crippen LogP contribution in [0.15, 0.2) is 30.3 Å². The lowest BCUT2D eigenvalue weighted by molar-refractivity contribution is -0.116. The number of carbonyl (C=O) groups excluding carboxylic acids is 1. The smallest absolute Gasteiger partial charge is 0.224 e. The fraction of sp³-hybridized carbons (Fsp3) is 0.435. The number of methoxy groups -OCH3 is 4. The second-order valence-corrected chi connectivity index (χ2v) is 6.65. The summed E-state index contributed by atoms with van der Waals surface area (Å²) in [7, 11) is 6.28. The summed E-state index contributed by atoms with van der Waals surface area (Å²) in [5.41, 5.74) is 1.50. The molecule has 0 heterocycles. The molecule has 7 heteroatoms. The van der Waals surface area contributed by atoms with Crippen molar-refractivity contribution < 1.29 is 28.5 Å². The summed E-state index contributed by atoms with van der Waals surface area (Å²) >= 11 is 0. The van der Waals surface area contributed by atoms with Crippen molar-refractivity contribution in [2.24, 2.45) is 0 Å². The Hall–Kier alpha value is -3.09. The van der Waals surface area contributed by atoms with E-state index in [1.165, 1.54) is 0 Å². The Morgan fingerprint density at radius 1 is 0.900 bits per heavy atom. The van der Waals surface area contributed by atoms with Crippen LogP contribution in [0.2, 0.25) is 0 Å². The monoisotopic (exact) mass is 417 g/mol. The summed E-state index contributed by atoms with van der Waals surface area (Å²) < 4.78 is 27.2. The Balaban J connectivity index is 2.09. The van der Waals surface area contributed by atoms with Crippen LogP contribution < -0.4 is 29.0 Å². The summed E-state index contributed by atoms with van der Waals surface area (Å²) in [6.07, 6.45) is 2.77. The van der Waals surface area contributed by atoms with Gasteiger partial charge in [0.25, 0.3) is 0 Å². The number of unbranched alkanes of at least 4 members (excludes halogenated alkanes) is 1. The van der Waals surface area contributed by atoms with Gasteiger partial charge in [-0.1, -0.05) is 13.3 Å². The minimum Gasteiger partial charge on any atom is -0.497 e. The van der Waals surface area contributed by atoms with Gasteiger partial charge in [-0.15, -0.1) is 0 Å². The Morgan fingerprint density at radius 3 is 2.17 bits per heavy atom. The van der Waals surface area contributed by atoms with E-state index in [0.29, 0.717) is 47.5 Å². The predicted molar refractivity (Wildman–Crippen MR) is 116 cm³/mol. The average molecular weight is 418 g/mol. The van der Waals surface area contributed by atoms with E-state index < -0.39 is 0 Å². The maximum Gasteiger partial charge on any atom is 0.224 e. The molecule has 0 fully saturated rings. The fourth-order valence-electron chi connectivity index (χ4n) is 2.94. The van der Waals surface area contributed by atoms with E-state index in [1.54, 1.807) is 34.5 Å². The first-order chi connectivity index (χ1) is 14.6. The van der Waals surface area contributed by atoms with Crippen LogP contribution in [0.4, 0.5) is 5.69 Å². The number of ether oxygens (including phenoxy) is 5. The standard InChI is InChI=1S/C23H31NO6/c1-6-7-12-30-19-10-9-17(26-2)15-18(19)24-22(25)11-8-16-13-20(27-3)23(29-5)21(14-16)28-4/h9-10,13-15H,6-8,11-12H2,1-5H3,(H,24,25). The molecule has 7 nitrogen and oxygen atoms in total. The summed E-state index contributed by atoms with van der Waals surface area (Å²) in [5.74, 6) is 2.80. The summed E-state index contributed by atoms with van der Waals surface area (Å²) in [6.45, 7) is 2.69. The van der Waals surface area contributed by atoms with Crippen molar-refractivity contribution in [1.29, 1.82) is 0 Å². The molecule has 2 aromatic carbocycles. The molecule has 0 aliphatic carbocycles. The molecule has 2 rings (SSSR count). The van der Waals surface area contributed by atoms with Crippen LogP contribution in [0.3, 0.4) is 0 Å². The van der Waals surface area contributed by atoms with Crippen LogP contribution in [0, 0.1) is 0 Å². The minimum atomic E-state index is -0.127. The quantitative estimate of drug-likeness (QED) is 0.514. The molecule has 2 aromatic rings. The second-order valence-electron chi connectivity index (χ2n) is 6.65. The first-order valence-corrected chi connectivity index (χ1v) is 9.95. The molecule has 0 unspecified atom stereocenters. The molecular formula is C23H31NO6. The number of hydrogen-bond donors (Lipinski definition) is 1. The van der Waals surface area contributed by atoms with Crippen LogP contribution in [-0.2, 0) is 11.2 Å². The van der Waals surface area contributed by atoms with Gasteiger partial charge in [0.15, 0.2) is 11.5 Å². The molecule has 0 spiro atoms. The van der Waals surface area contributed by atoms with Crippen molar-refractivity contribution in [3.63, 3.8) is 0 Å². The highest BCUT2D eigenvalue weighted by Gasteiger charge is 2.15. The normalized spacial score (nSPS) is 10.3. The molecule has 0 aliphatic rings. The van der Waals surface area contributed by atoms with Gasteiger partial charge in [-0.25, -0.2) is 0 Å². The van der Waals surface area contributed by atoms with Crippen molar-refractivity contribution in [1.82, 2.24) is 0 Å². The highest BCUT2D eigenvalue weighted by atomic mass is 16.5. The van der Waals surface area contributed by atoms with Gasteiger partial charge in [-0.2, -0.15) is 0 Å². The number of rotatable bonds is 12. The SMILES string of the molecule is CCCCOc1ccc(OC)cc1NC(=O)CCc1cc(OC)c(OC)c(OC)c1. The van der Waals surface area contributed by atoms with Gasteiger partial charge in [0.1, 0.15) is 11.5 Å². The molecule has 0 bridgehead atoms.